The van der Waals surface area contributed by atoms with Gasteiger partial charge in [-0.15, -0.1) is 11.6 Å². The van der Waals surface area contributed by atoms with E-state index in [0.717, 1.165) is 12.0 Å². The van der Waals surface area contributed by atoms with E-state index in [4.69, 9.17) is 34.8 Å². The first-order valence-electron chi connectivity index (χ1n) is 5.29. The van der Waals surface area contributed by atoms with Crippen LogP contribution in [0.2, 0.25) is 10.0 Å². The van der Waals surface area contributed by atoms with Crippen LogP contribution < -0.4 is 0 Å². The molecule has 0 saturated carbocycles. The van der Waals surface area contributed by atoms with Crippen LogP contribution in [0.1, 0.15) is 16.5 Å². The zero-order valence-corrected chi connectivity index (χ0v) is 11.3. The van der Waals surface area contributed by atoms with Crippen molar-refractivity contribution in [3.05, 3.63) is 69.7 Å². The lowest BCUT2D eigenvalue weighted by Gasteiger charge is -2.11. The van der Waals surface area contributed by atoms with Crippen molar-refractivity contribution in [2.45, 2.75) is 11.8 Å². The van der Waals surface area contributed by atoms with Gasteiger partial charge in [-0.3, -0.25) is 0 Å². The number of alkyl halides is 1. The fourth-order valence-electron chi connectivity index (χ4n) is 1.69. The van der Waals surface area contributed by atoms with Gasteiger partial charge in [-0.05, 0) is 35.7 Å². The van der Waals surface area contributed by atoms with E-state index in [1.165, 1.54) is 5.56 Å². The van der Waals surface area contributed by atoms with Gasteiger partial charge in [0.15, 0.2) is 0 Å². The maximum atomic E-state index is 6.37. The Morgan fingerprint density at radius 3 is 2.06 bits per heavy atom. The van der Waals surface area contributed by atoms with E-state index >= 15 is 0 Å². The molecule has 0 aliphatic heterocycles. The predicted octanol–water partition coefficient (Wildman–Crippen LogP) is 5.52. The summed E-state index contributed by atoms with van der Waals surface area (Å²) in [5.41, 5.74) is 2.15. The summed E-state index contributed by atoms with van der Waals surface area (Å²) in [6.45, 7) is 0. The third-order valence-corrected chi connectivity index (χ3v) is 3.35. The molecule has 0 saturated heterocycles. The highest BCUT2D eigenvalue weighted by atomic mass is 35.5. The quantitative estimate of drug-likeness (QED) is 0.652. The van der Waals surface area contributed by atoms with Crippen LogP contribution in [0, 0.1) is 0 Å². The van der Waals surface area contributed by atoms with Crippen LogP contribution in [0.3, 0.4) is 0 Å². The second-order valence-electron chi connectivity index (χ2n) is 3.86. The normalized spacial score (nSPS) is 12.4. The minimum Gasteiger partial charge on any atom is -0.117 e. The van der Waals surface area contributed by atoms with E-state index in [0.29, 0.717) is 10.0 Å². The molecule has 0 heterocycles. The monoisotopic (exact) mass is 284 g/mol. The summed E-state index contributed by atoms with van der Waals surface area (Å²) in [7, 11) is 0. The average molecular weight is 286 g/mol. The molecule has 0 aliphatic carbocycles. The summed E-state index contributed by atoms with van der Waals surface area (Å²) in [4.78, 5) is 0. The van der Waals surface area contributed by atoms with Gasteiger partial charge in [-0.1, -0.05) is 53.5 Å². The minimum atomic E-state index is -0.117. The molecule has 0 aliphatic rings. The van der Waals surface area contributed by atoms with Crippen molar-refractivity contribution in [2.24, 2.45) is 0 Å². The van der Waals surface area contributed by atoms with Crippen LogP contribution in [-0.4, -0.2) is 0 Å². The Labute approximate surface area is 116 Å². The van der Waals surface area contributed by atoms with Crippen LogP contribution in [0.5, 0.6) is 0 Å². The fraction of sp³-hybridized carbons (Fsp3) is 0.143. The smallest absolute Gasteiger partial charge is 0.0626 e. The standard InChI is InChI=1S/C14H11Cl3/c15-12-7-11(8-13(16)9-12)14(17)6-10-4-2-1-3-5-10/h1-5,7-9,14H,6H2. The largest absolute Gasteiger partial charge is 0.117 e. The summed E-state index contributed by atoms with van der Waals surface area (Å²) < 4.78 is 0. The summed E-state index contributed by atoms with van der Waals surface area (Å²) in [5.74, 6) is 0. The highest BCUT2D eigenvalue weighted by molar-refractivity contribution is 6.35. The lowest BCUT2D eigenvalue weighted by Crippen LogP contribution is -1.95. The molecular formula is C14H11Cl3. The summed E-state index contributed by atoms with van der Waals surface area (Å²) in [6.07, 6.45) is 0.763. The van der Waals surface area contributed by atoms with Crippen LogP contribution >= 0.6 is 34.8 Å². The fourth-order valence-corrected chi connectivity index (χ4v) is 2.54. The second-order valence-corrected chi connectivity index (χ2v) is 5.26. The maximum absolute atomic E-state index is 6.37. The van der Waals surface area contributed by atoms with Crippen molar-refractivity contribution in [3.8, 4) is 0 Å². The summed E-state index contributed by atoms with van der Waals surface area (Å²) in [5, 5.41) is 1.12. The van der Waals surface area contributed by atoms with E-state index in [1.807, 2.05) is 30.3 Å². The van der Waals surface area contributed by atoms with Gasteiger partial charge in [-0.25, -0.2) is 0 Å². The molecule has 0 fully saturated rings. The van der Waals surface area contributed by atoms with Crippen LogP contribution in [0.15, 0.2) is 48.5 Å². The van der Waals surface area contributed by atoms with Gasteiger partial charge in [0.2, 0.25) is 0 Å². The molecule has 0 radical (unpaired) electrons. The Bertz CT molecular complexity index is 474. The molecule has 1 atom stereocenters. The van der Waals surface area contributed by atoms with Gasteiger partial charge in [0.1, 0.15) is 0 Å². The SMILES string of the molecule is Clc1cc(Cl)cc(C(Cl)Cc2ccccc2)c1. The predicted molar refractivity (Wildman–Crippen MR) is 75.2 cm³/mol. The van der Waals surface area contributed by atoms with Gasteiger partial charge in [0.25, 0.3) is 0 Å². The van der Waals surface area contributed by atoms with Gasteiger partial charge >= 0.3 is 0 Å². The van der Waals surface area contributed by atoms with E-state index < -0.39 is 0 Å². The Morgan fingerprint density at radius 1 is 0.882 bits per heavy atom. The van der Waals surface area contributed by atoms with E-state index in [9.17, 15) is 0 Å². The molecular weight excluding hydrogens is 275 g/mol. The van der Waals surface area contributed by atoms with Crippen molar-refractivity contribution in [3.63, 3.8) is 0 Å². The summed E-state index contributed by atoms with van der Waals surface area (Å²) in [6, 6.07) is 15.5. The highest BCUT2D eigenvalue weighted by Gasteiger charge is 2.10. The Balaban J connectivity index is 2.17. The van der Waals surface area contributed by atoms with E-state index in [2.05, 4.69) is 12.1 Å². The van der Waals surface area contributed by atoms with Crippen LogP contribution in [-0.2, 0) is 6.42 Å². The Morgan fingerprint density at radius 2 is 1.47 bits per heavy atom. The molecule has 88 valence electrons. The second kappa shape index (κ2) is 5.77. The lowest BCUT2D eigenvalue weighted by atomic mass is 10.0. The summed E-state index contributed by atoms with van der Waals surface area (Å²) >= 11 is 18.3. The van der Waals surface area contributed by atoms with Crippen molar-refractivity contribution < 1.29 is 0 Å². The van der Waals surface area contributed by atoms with Crippen molar-refractivity contribution >= 4 is 34.8 Å². The number of benzene rings is 2. The molecule has 1 unspecified atom stereocenters. The van der Waals surface area contributed by atoms with Crippen molar-refractivity contribution in [1.82, 2.24) is 0 Å². The first-order chi connectivity index (χ1) is 8.15. The van der Waals surface area contributed by atoms with Crippen LogP contribution in [0.25, 0.3) is 0 Å². The third-order valence-electron chi connectivity index (χ3n) is 2.50. The molecule has 17 heavy (non-hydrogen) atoms. The molecule has 0 amide bonds. The Kier molecular flexibility index (Phi) is 4.33. The first-order valence-corrected chi connectivity index (χ1v) is 6.48. The van der Waals surface area contributed by atoms with Crippen LogP contribution in [0.4, 0.5) is 0 Å². The molecule has 3 heteroatoms. The maximum Gasteiger partial charge on any atom is 0.0626 e. The topological polar surface area (TPSA) is 0 Å². The number of rotatable bonds is 3. The van der Waals surface area contributed by atoms with E-state index in [-0.39, 0.29) is 5.38 Å². The number of halogens is 3. The van der Waals surface area contributed by atoms with Crippen molar-refractivity contribution in [1.29, 1.82) is 0 Å². The first kappa shape index (κ1) is 12.8. The molecule has 0 aromatic heterocycles. The zero-order chi connectivity index (χ0) is 12.3. The van der Waals surface area contributed by atoms with Gasteiger partial charge in [-0.2, -0.15) is 0 Å². The lowest BCUT2D eigenvalue weighted by molar-refractivity contribution is 0.920. The molecule has 0 nitrogen and oxygen atoms in total. The molecule has 2 aromatic carbocycles. The zero-order valence-electron chi connectivity index (χ0n) is 9.04. The van der Waals surface area contributed by atoms with Gasteiger partial charge in [0.05, 0.1) is 5.38 Å². The molecule has 2 rings (SSSR count). The molecule has 0 bridgehead atoms. The van der Waals surface area contributed by atoms with Gasteiger partial charge < -0.3 is 0 Å². The van der Waals surface area contributed by atoms with E-state index in [1.54, 1.807) is 6.07 Å². The molecule has 2 aromatic rings. The highest BCUT2D eigenvalue weighted by Crippen LogP contribution is 2.29. The Hall–Kier alpha value is -0.690. The number of hydrogen-bond acceptors (Lipinski definition) is 0. The number of hydrogen-bond donors (Lipinski definition) is 0. The third kappa shape index (κ3) is 3.64. The molecule has 0 N–H and O–H groups in total. The average Bonchev–Trinajstić information content (AvgIpc) is 2.29. The van der Waals surface area contributed by atoms with Gasteiger partial charge in [0, 0.05) is 10.0 Å². The van der Waals surface area contributed by atoms with Crippen molar-refractivity contribution in [2.75, 3.05) is 0 Å². The molecule has 0 spiro atoms. The minimum absolute atomic E-state index is 0.117.